The molecule has 3 rings (SSSR count). The minimum atomic E-state index is -1.43. The van der Waals surface area contributed by atoms with Crippen LogP contribution in [0.5, 0.6) is 0 Å². The number of hydrogen-bond acceptors (Lipinski definition) is 11. The largest absolute Gasteiger partial charge is 0.457 e. The lowest BCUT2D eigenvalue weighted by atomic mass is 9.88. The summed E-state index contributed by atoms with van der Waals surface area (Å²) in [6, 6.07) is 0. The van der Waals surface area contributed by atoms with Gasteiger partial charge in [0.05, 0.1) is 24.7 Å². The van der Waals surface area contributed by atoms with Crippen molar-refractivity contribution in [3.05, 3.63) is 36.0 Å². The zero-order valence-electron chi connectivity index (χ0n) is 31.8. The molecule has 0 radical (unpaired) electrons. The van der Waals surface area contributed by atoms with Crippen LogP contribution < -0.4 is 5.32 Å². The van der Waals surface area contributed by atoms with Crippen molar-refractivity contribution in [2.24, 2.45) is 17.8 Å². The number of aliphatic hydroxyl groups is 2. The normalized spacial score (nSPS) is 32.5. The summed E-state index contributed by atoms with van der Waals surface area (Å²) >= 11 is 0. The Morgan fingerprint density at radius 2 is 1.94 bits per heavy atom. The second-order valence-corrected chi connectivity index (χ2v) is 14.8. The molecule has 3 heterocycles. The van der Waals surface area contributed by atoms with Gasteiger partial charge in [0.25, 0.3) is 6.47 Å². The van der Waals surface area contributed by atoms with Gasteiger partial charge in [0.1, 0.15) is 30.0 Å². The number of epoxide rings is 1. The van der Waals surface area contributed by atoms with Gasteiger partial charge in [-0.15, -0.1) is 0 Å². The number of esters is 1. The molecule has 11 unspecified atom stereocenters. The first-order chi connectivity index (χ1) is 24.3. The van der Waals surface area contributed by atoms with E-state index in [0.29, 0.717) is 19.4 Å². The second kappa shape index (κ2) is 21.1. The highest BCUT2D eigenvalue weighted by atomic mass is 16.6. The van der Waals surface area contributed by atoms with Crippen molar-refractivity contribution in [3.63, 3.8) is 0 Å². The van der Waals surface area contributed by atoms with Crippen molar-refractivity contribution in [3.8, 4) is 0 Å². The quantitative estimate of drug-likeness (QED) is 0.0471. The van der Waals surface area contributed by atoms with Crippen LogP contribution in [0.4, 0.5) is 4.79 Å². The molecular formula is C39H64N2O10. The summed E-state index contributed by atoms with van der Waals surface area (Å²) in [5.74, 6) is -0.871. The number of aliphatic hydroxyl groups excluding tert-OH is 1. The van der Waals surface area contributed by atoms with E-state index < -0.39 is 42.1 Å². The van der Waals surface area contributed by atoms with Gasteiger partial charge in [-0.2, -0.15) is 0 Å². The Balaban J connectivity index is 1.68. The molecule has 2 fully saturated rings. The van der Waals surface area contributed by atoms with Gasteiger partial charge in [-0.25, -0.2) is 4.79 Å². The zero-order valence-corrected chi connectivity index (χ0v) is 31.8. The second-order valence-electron chi connectivity index (χ2n) is 14.8. The fourth-order valence-corrected chi connectivity index (χ4v) is 7.24. The Morgan fingerprint density at radius 3 is 2.61 bits per heavy atom. The number of carbonyl (C=O) groups excluding carboxylic acids is 3. The van der Waals surface area contributed by atoms with Crippen molar-refractivity contribution < 1.29 is 48.3 Å². The summed E-state index contributed by atoms with van der Waals surface area (Å²) in [5.41, 5.74) is -0.626. The van der Waals surface area contributed by atoms with E-state index in [1.807, 2.05) is 39.0 Å². The number of nitrogens with zero attached hydrogens (tertiary/aromatic N) is 1. The average molecular weight is 721 g/mol. The number of amides is 1. The molecule has 0 saturated carbocycles. The van der Waals surface area contributed by atoms with Crippen LogP contribution >= 0.6 is 0 Å². The van der Waals surface area contributed by atoms with E-state index >= 15 is 0 Å². The van der Waals surface area contributed by atoms with Crippen molar-refractivity contribution in [1.82, 2.24) is 10.2 Å². The molecule has 2 saturated heterocycles. The molecular weight excluding hydrogens is 656 g/mol. The number of carbonyl (C=O) groups is 3. The highest BCUT2D eigenvalue weighted by Crippen LogP contribution is 2.39. The Kier molecular flexibility index (Phi) is 17.6. The Bertz CT molecular complexity index is 1180. The monoisotopic (exact) mass is 720 g/mol. The number of rotatable bonds is 17. The Morgan fingerprint density at radius 1 is 1.22 bits per heavy atom. The molecule has 3 N–H and O–H groups in total. The van der Waals surface area contributed by atoms with Crippen LogP contribution in [0.15, 0.2) is 36.0 Å². The van der Waals surface area contributed by atoms with Crippen LogP contribution in [-0.2, 0) is 33.3 Å². The van der Waals surface area contributed by atoms with Crippen molar-refractivity contribution >= 4 is 18.5 Å². The van der Waals surface area contributed by atoms with Crippen LogP contribution in [0.3, 0.4) is 0 Å². The van der Waals surface area contributed by atoms with E-state index in [0.717, 1.165) is 38.0 Å². The molecule has 1 amide bonds. The Hall–Kier alpha value is -2.77. The van der Waals surface area contributed by atoms with Gasteiger partial charge in [-0.3, -0.25) is 9.59 Å². The van der Waals surface area contributed by atoms with Gasteiger partial charge in [-0.1, -0.05) is 52.0 Å². The van der Waals surface area contributed by atoms with Gasteiger partial charge in [-0.05, 0) is 90.1 Å². The van der Waals surface area contributed by atoms with Crippen LogP contribution in [0.2, 0.25) is 0 Å². The van der Waals surface area contributed by atoms with Crippen molar-refractivity contribution in [2.75, 3.05) is 33.3 Å². The van der Waals surface area contributed by atoms with Gasteiger partial charge >= 0.3 is 12.1 Å². The summed E-state index contributed by atoms with van der Waals surface area (Å²) in [5, 5.41) is 24.3. The first-order valence-corrected chi connectivity index (χ1v) is 18.9. The molecule has 51 heavy (non-hydrogen) atoms. The Labute approximate surface area is 304 Å². The SMILES string of the molecule is CCC(OC)C(C)C1OC1C(OC(=O)NCCCN1CCCC1)C(C)/C=C/C/C=C(\C)C1OC(=O)CC(O)CCC(C)(O)C(OC=O)/C=C/C1C. The number of cyclic esters (lactones) is 1. The minimum Gasteiger partial charge on any atom is -0.457 e. The van der Waals surface area contributed by atoms with Crippen molar-refractivity contribution in [2.45, 2.75) is 141 Å². The number of ether oxygens (including phenoxy) is 5. The van der Waals surface area contributed by atoms with E-state index in [1.54, 1.807) is 26.2 Å². The molecule has 0 aromatic carbocycles. The van der Waals surface area contributed by atoms with Crippen molar-refractivity contribution in [1.29, 1.82) is 0 Å². The molecule has 0 bridgehead atoms. The van der Waals surface area contributed by atoms with Gasteiger partial charge in [0.15, 0.2) is 0 Å². The van der Waals surface area contributed by atoms with E-state index in [-0.39, 0.29) is 55.3 Å². The molecule has 290 valence electrons. The number of allylic oxidation sites excluding steroid dienone is 2. The first-order valence-electron chi connectivity index (χ1n) is 18.9. The minimum absolute atomic E-state index is 0.0426. The predicted molar refractivity (Wildman–Crippen MR) is 194 cm³/mol. The fraction of sp³-hybridized carbons (Fsp3) is 0.769. The zero-order chi connectivity index (χ0) is 37.6. The van der Waals surface area contributed by atoms with E-state index in [2.05, 4.69) is 24.1 Å². The number of likely N-dealkylation sites (tertiary alicyclic amines) is 1. The summed E-state index contributed by atoms with van der Waals surface area (Å²) < 4.78 is 28.8. The summed E-state index contributed by atoms with van der Waals surface area (Å²) in [6.07, 6.45) is 10.3. The lowest BCUT2D eigenvalue weighted by Crippen LogP contribution is -2.41. The van der Waals surface area contributed by atoms with Gasteiger partial charge < -0.3 is 44.1 Å². The van der Waals surface area contributed by atoms with E-state index in [9.17, 15) is 24.6 Å². The maximum absolute atomic E-state index is 12.9. The van der Waals surface area contributed by atoms with Crippen LogP contribution in [0.25, 0.3) is 0 Å². The molecule has 3 aliphatic rings. The molecule has 0 aromatic heterocycles. The summed E-state index contributed by atoms with van der Waals surface area (Å²) in [6.45, 7) is 15.5. The molecule has 12 heteroatoms. The maximum Gasteiger partial charge on any atom is 0.407 e. The van der Waals surface area contributed by atoms with E-state index in [4.69, 9.17) is 23.7 Å². The lowest BCUT2D eigenvalue weighted by molar-refractivity contribution is -0.152. The number of hydrogen-bond donors (Lipinski definition) is 3. The average Bonchev–Trinajstić information content (AvgIpc) is 3.71. The van der Waals surface area contributed by atoms with E-state index in [1.165, 1.54) is 12.8 Å². The van der Waals surface area contributed by atoms with Crippen LogP contribution in [-0.4, -0.2) is 115 Å². The summed E-state index contributed by atoms with van der Waals surface area (Å²) in [4.78, 5) is 39.3. The number of alkyl carbamates (subject to hydrolysis) is 1. The smallest absolute Gasteiger partial charge is 0.407 e. The summed E-state index contributed by atoms with van der Waals surface area (Å²) in [7, 11) is 1.71. The predicted octanol–water partition coefficient (Wildman–Crippen LogP) is 4.87. The van der Waals surface area contributed by atoms with Crippen LogP contribution in [0.1, 0.15) is 92.9 Å². The highest BCUT2D eigenvalue weighted by molar-refractivity contribution is 5.70. The van der Waals surface area contributed by atoms with Crippen LogP contribution in [0, 0.1) is 17.8 Å². The van der Waals surface area contributed by atoms with Gasteiger partial charge in [0.2, 0.25) is 0 Å². The molecule has 3 aliphatic heterocycles. The molecule has 0 aromatic rings. The third-order valence-electron chi connectivity index (χ3n) is 10.6. The maximum atomic E-state index is 12.9. The highest BCUT2D eigenvalue weighted by Gasteiger charge is 2.52. The molecule has 0 aliphatic carbocycles. The molecule has 12 nitrogen and oxygen atoms in total. The van der Waals surface area contributed by atoms with Gasteiger partial charge in [0, 0.05) is 31.4 Å². The molecule has 0 spiro atoms. The number of methoxy groups -OCH3 is 1. The fourth-order valence-electron chi connectivity index (χ4n) is 7.24. The lowest BCUT2D eigenvalue weighted by Gasteiger charge is -2.31. The topological polar surface area (TPSA) is 156 Å². The third kappa shape index (κ3) is 13.6. The molecule has 11 atom stereocenters. The standard InChI is InChI=1S/C39H64N2O10/c1-8-31(47-7)29(5)36-37(50-36)35(51-38(45)40-20-13-23-41-21-11-12-22-41)27(3)15-10-9-14-26(2)34-28(4)16-17-32(48-25-42)39(6,46)19-18-30(43)24-33(44)49-34/h10,14-17,25,27-32,34-37,43,46H,8-9,11-13,18-24H2,1-7H3,(H,40,45)/b15-10+,17-16+,26-14+. The number of nitrogens with one attached hydrogen (secondary N) is 1. The third-order valence-corrected chi connectivity index (χ3v) is 10.6. The first kappa shape index (κ1) is 42.6.